The molecule has 0 unspecified atom stereocenters. The van der Waals surface area contributed by atoms with Crippen LogP contribution in [0.1, 0.15) is 18.4 Å². The summed E-state index contributed by atoms with van der Waals surface area (Å²) in [5.41, 5.74) is 0.985. The summed E-state index contributed by atoms with van der Waals surface area (Å²) in [7, 11) is 1.32. The van der Waals surface area contributed by atoms with Gasteiger partial charge < -0.3 is 10.1 Å². The van der Waals surface area contributed by atoms with E-state index in [1.807, 2.05) is 30.3 Å². The van der Waals surface area contributed by atoms with E-state index in [0.29, 0.717) is 12.8 Å². The van der Waals surface area contributed by atoms with Gasteiger partial charge in [-0.2, -0.15) is 0 Å². The Kier molecular flexibility index (Phi) is 7.18. The highest BCUT2D eigenvalue weighted by molar-refractivity contribution is 9.09. The zero-order valence-corrected chi connectivity index (χ0v) is 12.5. The lowest BCUT2D eigenvalue weighted by atomic mass is 10.1. The van der Waals surface area contributed by atoms with Gasteiger partial charge in [-0.05, 0) is 12.0 Å². The second-order valence-corrected chi connectivity index (χ2v) is 4.92. The number of nitrogens with one attached hydrogen (secondary N) is 1. The number of halogens is 1. The number of ether oxygens (including phenoxy) is 1. The zero-order valence-electron chi connectivity index (χ0n) is 10.9. The van der Waals surface area contributed by atoms with Gasteiger partial charge in [0, 0.05) is 18.2 Å². The van der Waals surface area contributed by atoms with Crippen molar-refractivity contribution >= 4 is 27.8 Å². The number of rotatable bonds is 7. The fourth-order valence-corrected chi connectivity index (χ4v) is 1.96. The number of methoxy groups -OCH3 is 1. The van der Waals surface area contributed by atoms with E-state index in [-0.39, 0.29) is 5.91 Å². The number of hydrogen-bond donors (Lipinski definition) is 1. The minimum Gasteiger partial charge on any atom is -0.467 e. The standard InChI is InChI=1S/C14H18BrNO3/c1-19-14(18)12(16-13(17)8-5-9-15)10-11-6-3-2-4-7-11/h2-4,6-7,12H,5,8-10H2,1H3,(H,16,17)/t12-/m0/s1. The Morgan fingerprint density at radius 1 is 1.32 bits per heavy atom. The summed E-state index contributed by atoms with van der Waals surface area (Å²) in [6, 6.07) is 8.91. The highest BCUT2D eigenvalue weighted by Gasteiger charge is 2.21. The van der Waals surface area contributed by atoms with Gasteiger partial charge in [-0.3, -0.25) is 4.79 Å². The Balaban J connectivity index is 2.62. The second kappa shape index (κ2) is 8.69. The van der Waals surface area contributed by atoms with Crippen LogP contribution in [0.15, 0.2) is 30.3 Å². The first kappa shape index (κ1) is 15.7. The molecular weight excluding hydrogens is 310 g/mol. The van der Waals surface area contributed by atoms with E-state index in [4.69, 9.17) is 4.74 Å². The minimum atomic E-state index is -0.629. The largest absolute Gasteiger partial charge is 0.467 e. The Labute approximate surface area is 121 Å². The molecule has 4 nitrogen and oxygen atoms in total. The SMILES string of the molecule is COC(=O)[C@H](Cc1ccccc1)NC(=O)CCCBr. The lowest BCUT2D eigenvalue weighted by Crippen LogP contribution is -2.43. The molecule has 0 fully saturated rings. The summed E-state index contributed by atoms with van der Waals surface area (Å²) in [4.78, 5) is 23.4. The molecular formula is C14H18BrNO3. The van der Waals surface area contributed by atoms with Crippen molar-refractivity contribution in [1.82, 2.24) is 5.32 Å². The van der Waals surface area contributed by atoms with Crippen LogP contribution >= 0.6 is 15.9 Å². The third-order valence-electron chi connectivity index (χ3n) is 2.64. The molecule has 5 heteroatoms. The van der Waals surface area contributed by atoms with Gasteiger partial charge >= 0.3 is 5.97 Å². The van der Waals surface area contributed by atoms with Crippen LogP contribution in [0.4, 0.5) is 0 Å². The van der Waals surface area contributed by atoms with Gasteiger partial charge in [0.15, 0.2) is 0 Å². The van der Waals surface area contributed by atoms with Gasteiger partial charge in [0.25, 0.3) is 0 Å². The quantitative estimate of drug-likeness (QED) is 0.616. The Morgan fingerprint density at radius 2 is 2.00 bits per heavy atom. The van der Waals surface area contributed by atoms with E-state index >= 15 is 0 Å². The van der Waals surface area contributed by atoms with Gasteiger partial charge in [0.05, 0.1) is 7.11 Å². The van der Waals surface area contributed by atoms with Gasteiger partial charge in [-0.25, -0.2) is 4.79 Å². The fourth-order valence-electron chi connectivity index (χ4n) is 1.68. The predicted octanol–water partition coefficient (Wildman–Crippen LogP) is 2.06. The number of esters is 1. The summed E-state index contributed by atoms with van der Waals surface area (Å²) < 4.78 is 4.73. The maximum absolute atomic E-state index is 11.7. The summed E-state index contributed by atoms with van der Waals surface area (Å²) in [5, 5.41) is 3.48. The Morgan fingerprint density at radius 3 is 2.58 bits per heavy atom. The van der Waals surface area contributed by atoms with Crippen molar-refractivity contribution in [2.24, 2.45) is 0 Å². The van der Waals surface area contributed by atoms with Crippen LogP contribution in [0.3, 0.4) is 0 Å². The van der Waals surface area contributed by atoms with E-state index in [0.717, 1.165) is 17.3 Å². The van der Waals surface area contributed by atoms with Gasteiger partial charge in [0.1, 0.15) is 6.04 Å². The summed E-state index contributed by atoms with van der Waals surface area (Å²) in [6.07, 6.45) is 1.58. The van der Waals surface area contributed by atoms with Crippen LogP contribution in [-0.4, -0.2) is 30.4 Å². The molecule has 1 rings (SSSR count). The van der Waals surface area contributed by atoms with Crippen molar-refractivity contribution < 1.29 is 14.3 Å². The van der Waals surface area contributed by atoms with Crippen LogP contribution in [0.25, 0.3) is 0 Å². The van der Waals surface area contributed by atoms with Crippen LogP contribution in [0.5, 0.6) is 0 Å². The monoisotopic (exact) mass is 327 g/mol. The van der Waals surface area contributed by atoms with Crippen molar-refractivity contribution in [3.63, 3.8) is 0 Å². The molecule has 1 aromatic rings. The van der Waals surface area contributed by atoms with E-state index in [1.165, 1.54) is 7.11 Å². The zero-order chi connectivity index (χ0) is 14.1. The molecule has 0 aliphatic carbocycles. The molecule has 0 spiro atoms. The van der Waals surface area contributed by atoms with Crippen molar-refractivity contribution in [1.29, 1.82) is 0 Å². The second-order valence-electron chi connectivity index (χ2n) is 4.13. The minimum absolute atomic E-state index is 0.134. The first-order valence-electron chi connectivity index (χ1n) is 6.14. The summed E-state index contributed by atoms with van der Waals surface area (Å²) in [5.74, 6) is -0.554. The Bertz CT molecular complexity index is 408. The molecule has 1 amide bonds. The third-order valence-corrected chi connectivity index (χ3v) is 3.20. The molecule has 19 heavy (non-hydrogen) atoms. The number of benzene rings is 1. The number of carbonyl (C=O) groups is 2. The molecule has 1 aromatic carbocycles. The van der Waals surface area contributed by atoms with Crippen molar-refractivity contribution in [3.05, 3.63) is 35.9 Å². The topological polar surface area (TPSA) is 55.4 Å². The number of amides is 1. The predicted molar refractivity (Wildman–Crippen MR) is 77.1 cm³/mol. The van der Waals surface area contributed by atoms with Crippen molar-refractivity contribution in [3.8, 4) is 0 Å². The number of alkyl halides is 1. The molecule has 1 atom stereocenters. The van der Waals surface area contributed by atoms with E-state index in [9.17, 15) is 9.59 Å². The van der Waals surface area contributed by atoms with Gasteiger partial charge in [-0.15, -0.1) is 0 Å². The molecule has 0 aromatic heterocycles. The molecule has 0 aliphatic rings. The maximum atomic E-state index is 11.7. The van der Waals surface area contributed by atoms with Gasteiger partial charge in [0.2, 0.25) is 5.91 Å². The summed E-state index contributed by atoms with van der Waals surface area (Å²) in [6.45, 7) is 0. The molecule has 0 heterocycles. The average molecular weight is 328 g/mol. The smallest absolute Gasteiger partial charge is 0.328 e. The summed E-state index contributed by atoms with van der Waals surface area (Å²) >= 11 is 3.27. The molecule has 0 bridgehead atoms. The highest BCUT2D eigenvalue weighted by Crippen LogP contribution is 2.05. The lowest BCUT2D eigenvalue weighted by molar-refractivity contribution is -0.145. The average Bonchev–Trinajstić information content (AvgIpc) is 2.44. The van der Waals surface area contributed by atoms with Crippen LogP contribution in [0, 0.1) is 0 Å². The molecule has 104 valence electrons. The van der Waals surface area contributed by atoms with Gasteiger partial charge in [-0.1, -0.05) is 46.3 Å². The highest BCUT2D eigenvalue weighted by atomic mass is 79.9. The van der Waals surface area contributed by atoms with Crippen LogP contribution in [-0.2, 0) is 20.7 Å². The first-order valence-corrected chi connectivity index (χ1v) is 7.26. The molecule has 0 saturated heterocycles. The lowest BCUT2D eigenvalue weighted by Gasteiger charge is -2.16. The van der Waals surface area contributed by atoms with Crippen molar-refractivity contribution in [2.45, 2.75) is 25.3 Å². The van der Waals surface area contributed by atoms with E-state index < -0.39 is 12.0 Å². The molecule has 0 radical (unpaired) electrons. The van der Waals surface area contributed by atoms with Crippen molar-refractivity contribution in [2.75, 3.05) is 12.4 Å². The molecule has 0 aliphatic heterocycles. The van der Waals surface area contributed by atoms with Crippen LogP contribution in [0.2, 0.25) is 0 Å². The maximum Gasteiger partial charge on any atom is 0.328 e. The number of hydrogen-bond acceptors (Lipinski definition) is 3. The molecule has 0 saturated carbocycles. The van der Waals surface area contributed by atoms with Crippen LogP contribution < -0.4 is 5.32 Å². The Hall–Kier alpha value is -1.36. The third kappa shape index (κ3) is 5.87. The normalized spacial score (nSPS) is 11.7. The molecule has 1 N–H and O–H groups in total. The number of carbonyl (C=O) groups excluding carboxylic acids is 2. The van der Waals surface area contributed by atoms with E-state index in [2.05, 4.69) is 21.2 Å². The van der Waals surface area contributed by atoms with E-state index in [1.54, 1.807) is 0 Å². The first-order chi connectivity index (χ1) is 9.17. The fraction of sp³-hybridized carbons (Fsp3) is 0.429.